The third-order valence-electron chi connectivity index (χ3n) is 8.10. The first kappa shape index (κ1) is 36.1. The van der Waals surface area contributed by atoms with Crippen LogP contribution in [0.3, 0.4) is 0 Å². The van der Waals surface area contributed by atoms with E-state index in [0.29, 0.717) is 12.2 Å². The standard InChI is InChI=1S/C33H43F6NO3S/c1-40(19-6-7-20-44(43)21-9-17-32(35,36)33(37,38)39)18-5-3-2-4-11-29-27(25-13-16-30(34)31(42)23-25)12-8-10-24-22-26(41)14-15-28(24)29/h13-16,22-23,41-42H,2-12,17-21H2,1H3. The lowest BCUT2D eigenvalue weighted by Crippen LogP contribution is -2.36. The van der Waals surface area contributed by atoms with Crippen molar-refractivity contribution < 1.29 is 41.1 Å². The zero-order valence-electron chi connectivity index (χ0n) is 25.2. The van der Waals surface area contributed by atoms with Crippen LogP contribution in [0.15, 0.2) is 36.4 Å². The molecule has 0 radical (unpaired) electrons. The fraction of sp³-hybridized carbons (Fsp3) is 0.576. The van der Waals surface area contributed by atoms with Crippen LogP contribution < -0.4 is 0 Å². The third-order valence-corrected chi connectivity index (χ3v) is 9.59. The summed E-state index contributed by atoms with van der Waals surface area (Å²) in [6, 6.07) is 9.95. The van der Waals surface area contributed by atoms with Crippen LogP contribution in [0.2, 0.25) is 0 Å². The van der Waals surface area contributed by atoms with Crippen LogP contribution >= 0.6 is 0 Å². The number of allylic oxidation sites excluding steroid dienone is 2. The summed E-state index contributed by atoms with van der Waals surface area (Å²) in [7, 11) is 2.00. The molecule has 3 rings (SSSR count). The van der Waals surface area contributed by atoms with E-state index >= 15 is 0 Å². The molecular weight excluding hydrogens is 604 g/mol. The Morgan fingerprint density at radius 1 is 0.841 bits per heavy atom. The van der Waals surface area contributed by atoms with Crippen LogP contribution in [0.1, 0.15) is 87.3 Å². The van der Waals surface area contributed by atoms with Gasteiger partial charge < -0.3 is 19.7 Å². The van der Waals surface area contributed by atoms with E-state index in [1.165, 1.54) is 17.7 Å². The Kier molecular flexibility index (Phi) is 13.8. The molecule has 0 spiro atoms. The van der Waals surface area contributed by atoms with Crippen molar-refractivity contribution in [1.29, 1.82) is 0 Å². The van der Waals surface area contributed by atoms with Crippen LogP contribution in [0.4, 0.5) is 26.3 Å². The molecule has 0 aliphatic heterocycles. The summed E-state index contributed by atoms with van der Waals surface area (Å²) < 4.78 is 88.3. The highest BCUT2D eigenvalue weighted by Crippen LogP contribution is 2.41. The molecule has 4 nitrogen and oxygen atoms in total. The molecule has 0 saturated heterocycles. The van der Waals surface area contributed by atoms with E-state index in [1.807, 2.05) is 19.2 Å². The average Bonchev–Trinajstić information content (AvgIpc) is 3.12. The van der Waals surface area contributed by atoms with E-state index in [-0.39, 0.29) is 17.3 Å². The summed E-state index contributed by atoms with van der Waals surface area (Å²) in [4.78, 5) is 2.18. The Morgan fingerprint density at radius 2 is 1.52 bits per heavy atom. The van der Waals surface area contributed by atoms with E-state index in [4.69, 9.17) is 0 Å². The number of phenolic OH excluding ortho intramolecular Hbond substituents is 2. The number of unbranched alkanes of at least 4 members (excludes halogenated alkanes) is 4. The molecule has 2 aromatic rings. The lowest BCUT2D eigenvalue weighted by Gasteiger charge is -2.20. The van der Waals surface area contributed by atoms with Crippen LogP contribution in [0.5, 0.6) is 11.5 Å². The maximum absolute atomic E-state index is 13.8. The Morgan fingerprint density at radius 3 is 2.23 bits per heavy atom. The molecule has 0 fully saturated rings. The predicted octanol–water partition coefficient (Wildman–Crippen LogP) is 8.87. The zero-order valence-corrected chi connectivity index (χ0v) is 26.0. The van der Waals surface area contributed by atoms with Gasteiger partial charge in [0, 0.05) is 6.42 Å². The van der Waals surface area contributed by atoms with Crippen molar-refractivity contribution in [3.63, 3.8) is 0 Å². The number of nitrogens with zero attached hydrogens (tertiary/aromatic N) is 1. The largest absolute Gasteiger partial charge is 0.616 e. The number of hydrogen-bond acceptors (Lipinski definition) is 4. The maximum Gasteiger partial charge on any atom is 0.453 e. The molecule has 0 amide bonds. The molecule has 1 aliphatic rings. The van der Waals surface area contributed by atoms with Crippen LogP contribution in [0, 0.1) is 5.82 Å². The molecule has 0 bridgehead atoms. The van der Waals surface area contributed by atoms with Crippen LogP contribution in [-0.4, -0.2) is 63.4 Å². The lowest BCUT2D eigenvalue weighted by atomic mass is 9.89. The fourth-order valence-corrected chi connectivity index (χ4v) is 6.84. The minimum Gasteiger partial charge on any atom is -0.616 e. The van der Waals surface area contributed by atoms with Crippen LogP contribution in [-0.2, 0) is 17.6 Å². The van der Waals surface area contributed by atoms with E-state index < -0.39 is 41.9 Å². The SMILES string of the molecule is CN(CCCCCCC1=C(c2ccc(F)c(O)c2)CCCc2cc(O)ccc21)CCCC[S+]([O-])CCCC(F)(F)C(F)(F)F. The second-order valence-corrected chi connectivity index (χ2v) is 13.3. The maximum atomic E-state index is 13.8. The van der Waals surface area contributed by atoms with Gasteiger partial charge >= 0.3 is 12.1 Å². The Hall–Kier alpha value is -2.37. The first-order valence-corrected chi connectivity index (χ1v) is 16.8. The number of benzene rings is 2. The average molecular weight is 648 g/mol. The van der Waals surface area contributed by atoms with E-state index in [9.17, 15) is 41.1 Å². The van der Waals surface area contributed by atoms with Gasteiger partial charge in [0.15, 0.2) is 11.6 Å². The molecule has 1 aliphatic carbocycles. The number of halogens is 6. The number of fused-ring (bicyclic) bond motifs is 1. The summed E-state index contributed by atoms with van der Waals surface area (Å²) in [5.74, 6) is -5.38. The Balaban J connectivity index is 1.39. The van der Waals surface area contributed by atoms with Gasteiger partial charge in [-0.3, -0.25) is 0 Å². The molecule has 246 valence electrons. The van der Waals surface area contributed by atoms with Crippen molar-refractivity contribution in [2.75, 3.05) is 31.6 Å². The van der Waals surface area contributed by atoms with Crippen molar-refractivity contribution in [3.8, 4) is 11.5 Å². The van der Waals surface area contributed by atoms with Gasteiger partial charge in [0.1, 0.15) is 17.3 Å². The lowest BCUT2D eigenvalue weighted by molar-refractivity contribution is -0.284. The minimum absolute atomic E-state index is 0.152. The van der Waals surface area contributed by atoms with Gasteiger partial charge in [-0.2, -0.15) is 22.0 Å². The van der Waals surface area contributed by atoms with E-state index in [2.05, 4.69) is 4.90 Å². The third kappa shape index (κ3) is 10.9. The summed E-state index contributed by atoms with van der Waals surface area (Å²) in [6.45, 7) is 1.67. The summed E-state index contributed by atoms with van der Waals surface area (Å²) >= 11 is -1.41. The summed E-state index contributed by atoms with van der Waals surface area (Å²) in [5, 5.41) is 20.0. The van der Waals surface area contributed by atoms with Gasteiger partial charge in [0.2, 0.25) is 0 Å². The van der Waals surface area contributed by atoms with Gasteiger partial charge in [0.05, 0.1) is 0 Å². The Labute approximate surface area is 259 Å². The number of aromatic hydroxyl groups is 2. The van der Waals surface area contributed by atoms with Crippen LogP contribution in [0.25, 0.3) is 11.1 Å². The molecule has 1 unspecified atom stereocenters. The molecule has 0 aromatic heterocycles. The second-order valence-electron chi connectivity index (χ2n) is 11.6. The number of aryl methyl sites for hydroxylation is 1. The van der Waals surface area contributed by atoms with Gasteiger partial charge in [-0.05, 0) is 130 Å². The van der Waals surface area contributed by atoms with Gasteiger partial charge in [-0.1, -0.05) is 36.2 Å². The first-order chi connectivity index (χ1) is 20.8. The number of alkyl halides is 5. The van der Waals surface area contributed by atoms with E-state index in [1.54, 1.807) is 12.1 Å². The molecule has 0 saturated carbocycles. The highest BCUT2D eigenvalue weighted by molar-refractivity contribution is 7.91. The molecule has 44 heavy (non-hydrogen) atoms. The van der Waals surface area contributed by atoms with Crippen molar-refractivity contribution in [2.24, 2.45) is 0 Å². The van der Waals surface area contributed by atoms with E-state index in [0.717, 1.165) is 93.1 Å². The minimum atomic E-state index is -5.57. The summed E-state index contributed by atoms with van der Waals surface area (Å²) in [6.07, 6.45) is 1.39. The first-order valence-electron chi connectivity index (χ1n) is 15.3. The number of rotatable bonds is 17. The fourth-order valence-electron chi connectivity index (χ4n) is 5.65. The highest BCUT2D eigenvalue weighted by Gasteiger charge is 2.56. The molecule has 0 heterocycles. The van der Waals surface area contributed by atoms with Crippen molar-refractivity contribution >= 4 is 22.3 Å². The smallest absolute Gasteiger partial charge is 0.453 e. The summed E-state index contributed by atoms with van der Waals surface area (Å²) in [5.41, 5.74) is 5.28. The topological polar surface area (TPSA) is 66.8 Å². The molecule has 2 aromatic carbocycles. The highest BCUT2D eigenvalue weighted by atomic mass is 32.2. The van der Waals surface area contributed by atoms with Crippen molar-refractivity contribution in [2.45, 2.75) is 89.1 Å². The normalized spacial score (nSPS) is 15.0. The monoisotopic (exact) mass is 647 g/mol. The number of hydrogen-bond donors (Lipinski definition) is 2. The van der Waals surface area contributed by atoms with Gasteiger partial charge in [-0.15, -0.1) is 0 Å². The van der Waals surface area contributed by atoms with Crippen molar-refractivity contribution in [3.05, 3.63) is 58.9 Å². The quantitative estimate of drug-likeness (QED) is 0.102. The molecule has 2 N–H and O–H groups in total. The van der Waals surface area contributed by atoms with Crippen molar-refractivity contribution in [1.82, 2.24) is 4.90 Å². The molecular formula is C33H43F6NO3S. The molecule has 1 atom stereocenters. The van der Waals surface area contributed by atoms with Gasteiger partial charge in [-0.25, -0.2) is 4.39 Å². The Bertz CT molecular complexity index is 1240. The second kappa shape index (κ2) is 16.8. The number of phenols is 2. The predicted molar refractivity (Wildman–Crippen MR) is 164 cm³/mol. The van der Waals surface area contributed by atoms with Gasteiger partial charge in [0.25, 0.3) is 0 Å². The zero-order chi connectivity index (χ0) is 32.3. The molecule has 11 heteroatoms.